The Kier molecular flexibility index (Phi) is 3.56. The highest BCUT2D eigenvalue weighted by molar-refractivity contribution is 7.91. The molecule has 0 unspecified atom stereocenters. The Balaban J connectivity index is 1.73. The predicted octanol–water partition coefficient (Wildman–Crippen LogP) is 0.0570. The van der Waals surface area contributed by atoms with E-state index in [0.29, 0.717) is 17.5 Å². The lowest BCUT2D eigenvalue weighted by molar-refractivity contribution is 0.0315. The van der Waals surface area contributed by atoms with Crippen LogP contribution in [-0.2, 0) is 9.84 Å². The predicted molar refractivity (Wildman–Crippen MR) is 65.3 cm³/mol. The molecular formula is C11H22N2O2S. The van der Waals surface area contributed by atoms with E-state index in [-0.39, 0.29) is 0 Å². The number of sulfone groups is 1. The van der Waals surface area contributed by atoms with Crippen molar-refractivity contribution in [1.29, 1.82) is 0 Å². The van der Waals surface area contributed by atoms with Gasteiger partial charge in [0.25, 0.3) is 0 Å². The van der Waals surface area contributed by atoms with Gasteiger partial charge in [0, 0.05) is 38.8 Å². The minimum absolute atomic E-state index is 0.355. The summed E-state index contributed by atoms with van der Waals surface area (Å²) in [5, 5.41) is 0. The number of rotatable bonds is 3. The Morgan fingerprint density at radius 1 is 1.19 bits per heavy atom. The summed E-state index contributed by atoms with van der Waals surface area (Å²) in [5.74, 6) is 1.43. The first-order chi connectivity index (χ1) is 7.46. The molecule has 0 radical (unpaired) electrons. The van der Waals surface area contributed by atoms with Crippen LogP contribution in [0.5, 0.6) is 0 Å². The maximum Gasteiger partial charge on any atom is 0.152 e. The smallest absolute Gasteiger partial charge is 0.152 e. The largest absolute Gasteiger partial charge is 0.300 e. The van der Waals surface area contributed by atoms with Crippen molar-refractivity contribution in [2.24, 2.45) is 5.92 Å². The molecule has 0 aromatic carbocycles. The van der Waals surface area contributed by atoms with Crippen LogP contribution in [0, 0.1) is 5.92 Å². The fraction of sp³-hybridized carbons (Fsp3) is 1.00. The standard InChI is InChI=1S/C11H22N2O2S/c1-10(2)7-12-8-11(9-12)13-3-5-16(14,15)6-4-13/h10-11H,3-9H2,1-2H3. The van der Waals surface area contributed by atoms with E-state index in [9.17, 15) is 8.42 Å². The molecule has 16 heavy (non-hydrogen) atoms. The van der Waals surface area contributed by atoms with Gasteiger partial charge in [0.2, 0.25) is 0 Å². The quantitative estimate of drug-likeness (QED) is 0.706. The molecule has 0 bridgehead atoms. The SMILES string of the molecule is CC(C)CN1CC(N2CCS(=O)(=O)CC2)C1. The lowest BCUT2D eigenvalue weighted by atomic mass is 10.0. The third-order valence-corrected chi connectivity index (χ3v) is 5.07. The first-order valence-electron chi connectivity index (χ1n) is 6.13. The number of likely N-dealkylation sites (tertiary alicyclic amines) is 1. The van der Waals surface area contributed by atoms with Crippen molar-refractivity contribution < 1.29 is 8.42 Å². The second kappa shape index (κ2) is 4.63. The molecule has 94 valence electrons. The molecular weight excluding hydrogens is 224 g/mol. The van der Waals surface area contributed by atoms with Gasteiger partial charge in [-0.3, -0.25) is 9.80 Å². The molecule has 2 heterocycles. The van der Waals surface area contributed by atoms with Crippen molar-refractivity contribution in [3.05, 3.63) is 0 Å². The van der Waals surface area contributed by atoms with Crippen LogP contribution >= 0.6 is 0 Å². The average molecular weight is 246 g/mol. The molecule has 2 rings (SSSR count). The Labute approximate surface area is 98.5 Å². The van der Waals surface area contributed by atoms with Crippen LogP contribution in [-0.4, -0.2) is 68.5 Å². The Bertz CT molecular complexity index is 320. The van der Waals surface area contributed by atoms with Gasteiger partial charge in [0.15, 0.2) is 9.84 Å². The molecule has 2 saturated heterocycles. The molecule has 0 aliphatic carbocycles. The highest BCUT2D eigenvalue weighted by Gasteiger charge is 2.34. The van der Waals surface area contributed by atoms with Crippen LogP contribution in [0.1, 0.15) is 13.8 Å². The summed E-state index contributed by atoms with van der Waals surface area (Å²) in [6.45, 7) is 9.37. The van der Waals surface area contributed by atoms with E-state index in [1.54, 1.807) is 0 Å². The molecule has 4 nitrogen and oxygen atoms in total. The summed E-state index contributed by atoms with van der Waals surface area (Å²) >= 11 is 0. The third kappa shape index (κ3) is 2.96. The Morgan fingerprint density at radius 3 is 2.25 bits per heavy atom. The average Bonchev–Trinajstić information content (AvgIpc) is 2.11. The number of hydrogen-bond acceptors (Lipinski definition) is 4. The zero-order valence-corrected chi connectivity index (χ0v) is 11.0. The van der Waals surface area contributed by atoms with Crippen LogP contribution in [0.3, 0.4) is 0 Å². The summed E-state index contributed by atoms with van der Waals surface area (Å²) in [7, 11) is -2.72. The van der Waals surface area contributed by atoms with Crippen molar-refractivity contribution in [2.75, 3.05) is 44.2 Å². The maximum absolute atomic E-state index is 11.3. The molecule has 0 saturated carbocycles. The second-order valence-corrected chi connectivity index (χ2v) is 7.76. The molecule has 0 aromatic heterocycles. The monoisotopic (exact) mass is 246 g/mol. The first-order valence-corrected chi connectivity index (χ1v) is 7.95. The highest BCUT2D eigenvalue weighted by Crippen LogP contribution is 2.18. The van der Waals surface area contributed by atoms with Gasteiger partial charge in [-0.25, -0.2) is 8.42 Å². The fourth-order valence-electron chi connectivity index (χ4n) is 2.53. The van der Waals surface area contributed by atoms with E-state index < -0.39 is 9.84 Å². The Morgan fingerprint density at radius 2 is 1.75 bits per heavy atom. The van der Waals surface area contributed by atoms with Crippen LogP contribution in [0.4, 0.5) is 0 Å². The van der Waals surface area contributed by atoms with Crippen LogP contribution in [0.15, 0.2) is 0 Å². The number of hydrogen-bond donors (Lipinski definition) is 0. The second-order valence-electron chi connectivity index (χ2n) is 5.45. The van der Waals surface area contributed by atoms with Crippen molar-refractivity contribution in [3.63, 3.8) is 0 Å². The molecule has 0 amide bonds. The van der Waals surface area contributed by atoms with Crippen molar-refractivity contribution in [3.8, 4) is 0 Å². The molecule has 0 N–H and O–H groups in total. The molecule has 2 aliphatic rings. The highest BCUT2D eigenvalue weighted by atomic mass is 32.2. The zero-order chi connectivity index (χ0) is 11.8. The lowest BCUT2D eigenvalue weighted by Crippen LogP contribution is -2.62. The maximum atomic E-state index is 11.3. The summed E-state index contributed by atoms with van der Waals surface area (Å²) in [4.78, 5) is 4.80. The van der Waals surface area contributed by atoms with E-state index in [1.807, 2.05) is 0 Å². The summed E-state index contributed by atoms with van der Waals surface area (Å²) in [5.41, 5.74) is 0. The van der Waals surface area contributed by atoms with Gasteiger partial charge < -0.3 is 0 Å². The van der Waals surface area contributed by atoms with E-state index in [2.05, 4.69) is 23.6 Å². The van der Waals surface area contributed by atoms with Gasteiger partial charge in [-0.15, -0.1) is 0 Å². The molecule has 2 aliphatic heterocycles. The van der Waals surface area contributed by atoms with E-state index in [0.717, 1.165) is 32.1 Å². The van der Waals surface area contributed by atoms with Gasteiger partial charge >= 0.3 is 0 Å². The molecule has 0 spiro atoms. The van der Waals surface area contributed by atoms with E-state index >= 15 is 0 Å². The van der Waals surface area contributed by atoms with Crippen LogP contribution in [0.2, 0.25) is 0 Å². The van der Waals surface area contributed by atoms with Crippen molar-refractivity contribution in [1.82, 2.24) is 9.80 Å². The third-order valence-electron chi connectivity index (χ3n) is 3.46. The molecule has 5 heteroatoms. The van der Waals surface area contributed by atoms with Gasteiger partial charge in [-0.05, 0) is 5.92 Å². The fourth-order valence-corrected chi connectivity index (χ4v) is 3.76. The normalized spacial score (nSPS) is 28.2. The summed E-state index contributed by atoms with van der Waals surface area (Å²) in [6, 6.07) is 0.606. The van der Waals surface area contributed by atoms with Gasteiger partial charge in [-0.2, -0.15) is 0 Å². The number of nitrogens with zero attached hydrogens (tertiary/aromatic N) is 2. The van der Waals surface area contributed by atoms with Gasteiger partial charge in [0.05, 0.1) is 11.5 Å². The molecule has 2 fully saturated rings. The van der Waals surface area contributed by atoms with Crippen molar-refractivity contribution in [2.45, 2.75) is 19.9 Å². The first kappa shape index (κ1) is 12.3. The topological polar surface area (TPSA) is 40.6 Å². The van der Waals surface area contributed by atoms with Gasteiger partial charge in [0.1, 0.15) is 0 Å². The van der Waals surface area contributed by atoms with E-state index in [1.165, 1.54) is 6.54 Å². The van der Waals surface area contributed by atoms with Crippen molar-refractivity contribution >= 4 is 9.84 Å². The molecule has 0 atom stereocenters. The van der Waals surface area contributed by atoms with E-state index in [4.69, 9.17) is 0 Å². The minimum atomic E-state index is -2.72. The summed E-state index contributed by atoms with van der Waals surface area (Å²) < 4.78 is 22.6. The van der Waals surface area contributed by atoms with Gasteiger partial charge in [-0.1, -0.05) is 13.8 Å². The summed E-state index contributed by atoms with van der Waals surface area (Å²) in [6.07, 6.45) is 0. The molecule has 0 aromatic rings. The lowest BCUT2D eigenvalue weighted by Gasteiger charge is -2.47. The zero-order valence-electron chi connectivity index (χ0n) is 10.2. The van der Waals surface area contributed by atoms with Crippen LogP contribution < -0.4 is 0 Å². The van der Waals surface area contributed by atoms with Crippen LogP contribution in [0.25, 0.3) is 0 Å². The Hall–Kier alpha value is -0.130. The minimum Gasteiger partial charge on any atom is -0.300 e.